The molecular weight excluding hydrogens is 445 g/mol. The van der Waals surface area contributed by atoms with Gasteiger partial charge in [0.2, 0.25) is 0 Å². The van der Waals surface area contributed by atoms with Gasteiger partial charge in [0, 0.05) is 45.4 Å². The van der Waals surface area contributed by atoms with E-state index in [1.807, 2.05) is 27.7 Å². The molecule has 0 aliphatic carbocycles. The van der Waals surface area contributed by atoms with Crippen molar-refractivity contribution in [2.45, 2.75) is 45.9 Å². The number of amides is 1. The van der Waals surface area contributed by atoms with Crippen molar-refractivity contribution in [3.8, 4) is 5.75 Å². The van der Waals surface area contributed by atoms with Crippen LogP contribution in [0.15, 0.2) is 30.7 Å². The number of aliphatic hydroxyl groups is 1. The van der Waals surface area contributed by atoms with E-state index in [-0.39, 0.29) is 23.7 Å². The second-order valence-corrected chi connectivity index (χ2v) is 7.64. The van der Waals surface area contributed by atoms with Crippen LogP contribution in [0.4, 0.5) is 0 Å². The van der Waals surface area contributed by atoms with E-state index in [1.165, 1.54) is 7.11 Å². The number of rotatable bonds is 6. The van der Waals surface area contributed by atoms with Crippen LogP contribution in [0.2, 0.25) is 0 Å². The first kappa shape index (κ1) is 20.6. The zero-order chi connectivity index (χ0) is 19.4. The Hall–Kier alpha value is -1.74. The summed E-state index contributed by atoms with van der Waals surface area (Å²) in [6.07, 6.45) is 3.65. The molecule has 2 aromatic rings. The fraction of sp³-hybridized carbons (Fsp3) is 0.421. The van der Waals surface area contributed by atoms with Crippen molar-refractivity contribution in [2.75, 3.05) is 7.11 Å². The first-order valence-electron chi connectivity index (χ1n) is 8.42. The molecule has 1 unspecified atom stereocenters. The molecule has 0 saturated heterocycles. The first-order valence-corrected chi connectivity index (χ1v) is 9.50. The minimum Gasteiger partial charge on any atom is -0.496 e. The minimum absolute atomic E-state index is 0.0140. The molecule has 26 heavy (non-hydrogen) atoms. The Morgan fingerprint density at radius 2 is 1.85 bits per heavy atom. The third-order valence-electron chi connectivity index (χ3n) is 4.08. The van der Waals surface area contributed by atoms with Crippen molar-refractivity contribution in [1.29, 1.82) is 0 Å². The van der Waals surface area contributed by atoms with Gasteiger partial charge >= 0.3 is 0 Å². The van der Waals surface area contributed by atoms with Gasteiger partial charge < -0.3 is 14.7 Å². The van der Waals surface area contributed by atoms with Gasteiger partial charge in [-0.05, 0) is 62.4 Å². The van der Waals surface area contributed by atoms with Crippen molar-refractivity contribution < 1.29 is 14.6 Å². The molecular formula is C19H24IN3O3. The Morgan fingerprint density at radius 1 is 1.19 bits per heavy atom. The maximum absolute atomic E-state index is 13.2. The monoisotopic (exact) mass is 469 g/mol. The molecule has 1 N–H and O–H groups in total. The van der Waals surface area contributed by atoms with Gasteiger partial charge in [0.25, 0.3) is 5.91 Å². The summed E-state index contributed by atoms with van der Waals surface area (Å²) < 4.78 is 6.09. The molecule has 0 fully saturated rings. The average Bonchev–Trinajstić information content (AvgIpc) is 2.60. The van der Waals surface area contributed by atoms with Crippen LogP contribution in [0, 0.1) is 3.57 Å². The fourth-order valence-corrected chi connectivity index (χ4v) is 3.72. The molecule has 2 aromatic heterocycles. The van der Waals surface area contributed by atoms with Crippen molar-refractivity contribution in [2.24, 2.45) is 0 Å². The molecule has 6 nitrogen and oxygen atoms in total. The molecule has 0 aromatic carbocycles. The number of hydrogen-bond acceptors (Lipinski definition) is 5. The van der Waals surface area contributed by atoms with Gasteiger partial charge in [0.05, 0.1) is 7.11 Å². The largest absolute Gasteiger partial charge is 0.496 e. The van der Waals surface area contributed by atoms with Gasteiger partial charge in [-0.1, -0.05) is 0 Å². The lowest BCUT2D eigenvalue weighted by atomic mass is 9.99. The van der Waals surface area contributed by atoms with Crippen molar-refractivity contribution in [3.63, 3.8) is 0 Å². The van der Waals surface area contributed by atoms with E-state index in [0.29, 0.717) is 16.9 Å². The number of aromatic nitrogens is 2. The zero-order valence-electron chi connectivity index (χ0n) is 15.6. The second-order valence-electron chi connectivity index (χ2n) is 6.48. The maximum atomic E-state index is 13.2. The third kappa shape index (κ3) is 4.15. The van der Waals surface area contributed by atoms with Gasteiger partial charge in [-0.15, -0.1) is 0 Å². The van der Waals surface area contributed by atoms with Crippen molar-refractivity contribution in [3.05, 3.63) is 51.1 Å². The molecule has 0 saturated carbocycles. The number of carbonyl (C=O) groups excluding carboxylic acids is 1. The number of halogens is 1. The standard InChI is InChI=1S/C19H24IN3O3/c1-11(2)23(12(3)4)19(25)17-16(14(20)6-9-22-17)18(24)13-10-21-8-7-15(13)26-5/h6-12,18,24H,1-5H3. The highest BCUT2D eigenvalue weighted by Crippen LogP contribution is 2.33. The summed E-state index contributed by atoms with van der Waals surface area (Å²) in [5, 5.41) is 11.0. The number of carbonyl (C=O) groups is 1. The van der Waals surface area contributed by atoms with Crippen LogP contribution < -0.4 is 4.74 Å². The molecule has 1 atom stereocenters. The summed E-state index contributed by atoms with van der Waals surface area (Å²) in [6, 6.07) is 3.48. The minimum atomic E-state index is -1.07. The lowest BCUT2D eigenvalue weighted by Crippen LogP contribution is -2.43. The van der Waals surface area contributed by atoms with Gasteiger partial charge in [0.15, 0.2) is 0 Å². The predicted molar refractivity (Wildman–Crippen MR) is 108 cm³/mol. The van der Waals surface area contributed by atoms with Crippen LogP contribution in [-0.4, -0.2) is 45.1 Å². The number of methoxy groups -OCH3 is 1. The highest BCUT2D eigenvalue weighted by molar-refractivity contribution is 14.1. The highest BCUT2D eigenvalue weighted by atomic mass is 127. The zero-order valence-corrected chi connectivity index (χ0v) is 17.8. The van der Waals surface area contributed by atoms with Crippen LogP contribution in [0.1, 0.15) is 55.4 Å². The number of ether oxygens (including phenoxy) is 1. The fourth-order valence-electron chi connectivity index (χ4n) is 3.01. The second kappa shape index (κ2) is 8.77. The summed E-state index contributed by atoms with van der Waals surface area (Å²) >= 11 is 2.11. The van der Waals surface area contributed by atoms with E-state index in [9.17, 15) is 9.90 Å². The molecule has 2 heterocycles. The van der Waals surface area contributed by atoms with Gasteiger partial charge in [-0.3, -0.25) is 14.8 Å². The maximum Gasteiger partial charge on any atom is 0.273 e. The quantitative estimate of drug-likeness (QED) is 0.657. The Labute approximate surface area is 167 Å². The van der Waals surface area contributed by atoms with Crippen LogP contribution in [0.25, 0.3) is 0 Å². The summed E-state index contributed by atoms with van der Waals surface area (Å²) in [5.74, 6) is 0.306. The van der Waals surface area contributed by atoms with E-state index in [0.717, 1.165) is 3.57 Å². The van der Waals surface area contributed by atoms with Crippen molar-refractivity contribution in [1.82, 2.24) is 14.9 Å². The highest BCUT2D eigenvalue weighted by Gasteiger charge is 2.30. The smallest absolute Gasteiger partial charge is 0.273 e. The molecule has 0 bridgehead atoms. The number of aliphatic hydroxyl groups excluding tert-OH is 1. The molecule has 140 valence electrons. The van der Waals surface area contributed by atoms with Crippen LogP contribution >= 0.6 is 22.6 Å². The van der Waals surface area contributed by atoms with E-state index in [2.05, 4.69) is 32.6 Å². The summed E-state index contributed by atoms with van der Waals surface area (Å²) in [7, 11) is 1.53. The lowest BCUT2D eigenvalue weighted by molar-refractivity contribution is 0.0631. The van der Waals surface area contributed by atoms with Gasteiger partial charge in [0.1, 0.15) is 17.5 Å². The predicted octanol–water partition coefficient (Wildman–Crippen LogP) is 3.43. The molecule has 7 heteroatoms. The number of nitrogens with zero attached hydrogens (tertiary/aromatic N) is 3. The average molecular weight is 469 g/mol. The molecule has 1 amide bonds. The van der Waals surface area contributed by atoms with Crippen LogP contribution in [0.5, 0.6) is 5.75 Å². The molecule has 0 radical (unpaired) electrons. The van der Waals surface area contributed by atoms with Gasteiger partial charge in [-0.2, -0.15) is 0 Å². The Bertz CT molecular complexity index is 772. The Kier molecular flexibility index (Phi) is 6.94. The Morgan fingerprint density at radius 3 is 2.42 bits per heavy atom. The molecule has 2 rings (SSSR count). The SMILES string of the molecule is COc1ccncc1C(O)c1c(I)ccnc1C(=O)N(C(C)C)C(C)C. The van der Waals surface area contributed by atoms with Gasteiger partial charge in [-0.25, -0.2) is 0 Å². The normalized spacial score (nSPS) is 12.3. The van der Waals surface area contributed by atoms with E-state index < -0.39 is 6.10 Å². The summed E-state index contributed by atoms with van der Waals surface area (Å²) in [5.41, 5.74) is 1.21. The Balaban J connectivity index is 2.58. The topological polar surface area (TPSA) is 75.5 Å². The number of hydrogen-bond donors (Lipinski definition) is 1. The van der Waals surface area contributed by atoms with Crippen molar-refractivity contribution >= 4 is 28.5 Å². The van der Waals surface area contributed by atoms with Crippen LogP contribution in [-0.2, 0) is 0 Å². The van der Waals surface area contributed by atoms with E-state index in [4.69, 9.17) is 4.74 Å². The summed E-state index contributed by atoms with van der Waals surface area (Å²) in [4.78, 5) is 23.3. The third-order valence-corrected chi connectivity index (χ3v) is 5.03. The van der Waals surface area contributed by atoms with E-state index >= 15 is 0 Å². The molecule has 0 aliphatic rings. The lowest BCUT2D eigenvalue weighted by Gasteiger charge is -2.31. The summed E-state index contributed by atoms with van der Waals surface area (Å²) in [6.45, 7) is 7.86. The molecule has 0 spiro atoms. The first-order chi connectivity index (χ1) is 12.3. The number of pyridine rings is 2. The van der Waals surface area contributed by atoms with E-state index in [1.54, 1.807) is 35.6 Å². The van der Waals surface area contributed by atoms with Crippen LogP contribution in [0.3, 0.4) is 0 Å². The molecule has 0 aliphatic heterocycles.